The maximum absolute atomic E-state index is 13.9. The van der Waals surface area contributed by atoms with Gasteiger partial charge in [-0.1, -0.05) is 29.4 Å². The number of aromatic nitrogens is 1. The lowest BCUT2D eigenvalue weighted by atomic mass is 9.86. The number of carbonyl (C=O) groups is 2. The predicted molar refractivity (Wildman–Crippen MR) is 151 cm³/mol. The number of fused-ring (bicyclic) bond motifs is 2. The Labute approximate surface area is 229 Å². The summed E-state index contributed by atoms with van der Waals surface area (Å²) in [6.07, 6.45) is 1.51. The van der Waals surface area contributed by atoms with E-state index in [0.29, 0.717) is 72.0 Å². The Balaban J connectivity index is 1.29. The zero-order valence-electron chi connectivity index (χ0n) is 21.8. The molecular weight excluding hydrogens is 508 g/mol. The second kappa shape index (κ2) is 9.60. The number of nitrogens with zero attached hydrogens (tertiary/aromatic N) is 3. The van der Waals surface area contributed by atoms with Crippen molar-refractivity contribution in [2.45, 2.75) is 6.92 Å². The van der Waals surface area contributed by atoms with Crippen LogP contribution < -0.4 is 15.0 Å². The van der Waals surface area contributed by atoms with Crippen molar-refractivity contribution in [1.29, 1.82) is 0 Å². The smallest absolute Gasteiger partial charge is 0.289 e. The summed E-state index contributed by atoms with van der Waals surface area (Å²) in [4.78, 5) is 30.7. The van der Waals surface area contributed by atoms with Gasteiger partial charge in [-0.05, 0) is 49.4 Å². The molecule has 40 heavy (non-hydrogen) atoms. The highest BCUT2D eigenvalue weighted by molar-refractivity contribution is 6.28. The molecule has 9 heteroatoms. The first-order valence-corrected chi connectivity index (χ1v) is 13.3. The van der Waals surface area contributed by atoms with E-state index in [-0.39, 0.29) is 11.7 Å². The lowest BCUT2D eigenvalue weighted by Gasteiger charge is -2.36. The minimum absolute atomic E-state index is 0.0786. The summed E-state index contributed by atoms with van der Waals surface area (Å²) in [6.45, 7) is 4.77. The van der Waals surface area contributed by atoms with Crippen LogP contribution in [-0.2, 0) is 0 Å². The van der Waals surface area contributed by atoms with Gasteiger partial charge in [0.1, 0.15) is 11.3 Å². The van der Waals surface area contributed by atoms with E-state index in [2.05, 4.69) is 15.4 Å². The largest absolute Gasteiger partial charge is 0.494 e. The molecule has 0 bridgehead atoms. The fourth-order valence-corrected chi connectivity index (χ4v) is 5.55. The zero-order valence-corrected chi connectivity index (χ0v) is 21.8. The van der Waals surface area contributed by atoms with Gasteiger partial charge in [0.05, 0.1) is 35.2 Å². The van der Waals surface area contributed by atoms with Crippen molar-refractivity contribution in [3.63, 3.8) is 0 Å². The van der Waals surface area contributed by atoms with E-state index in [1.54, 1.807) is 17.0 Å². The summed E-state index contributed by atoms with van der Waals surface area (Å²) >= 11 is 0. The fraction of sp³-hybridized carbons (Fsp3) is 0.194. The molecule has 1 aliphatic heterocycles. The van der Waals surface area contributed by atoms with E-state index in [9.17, 15) is 9.59 Å². The number of rotatable bonds is 6. The SMILES string of the molecule is CCOc1ccc(Nc2cc(N3CCN(C(=O)c4ccco4)CC3)c3noc4c3c2C(=O)c2ccccc2-4)cc1. The van der Waals surface area contributed by atoms with Crippen LogP contribution in [0.4, 0.5) is 17.1 Å². The fourth-order valence-electron chi connectivity index (χ4n) is 5.55. The molecule has 3 aromatic carbocycles. The molecule has 2 aromatic heterocycles. The summed E-state index contributed by atoms with van der Waals surface area (Å²) in [6, 6.07) is 20.5. The number of nitrogens with one attached hydrogen (secondary N) is 1. The van der Waals surface area contributed by atoms with Gasteiger partial charge in [0, 0.05) is 43.0 Å². The van der Waals surface area contributed by atoms with E-state index in [0.717, 1.165) is 22.7 Å². The second-order valence-electron chi connectivity index (χ2n) is 9.77. The molecule has 2 aliphatic rings. The number of anilines is 3. The summed E-state index contributed by atoms with van der Waals surface area (Å²) < 4.78 is 16.8. The minimum Gasteiger partial charge on any atom is -0.494 e. The first-order valence-electron chi connectivity index (χ1n) is 13.3. The lowest BCUT2D eigenvalue weighted by Crippen LogP contribution is -2.48. The number of ether oxygens (including phenoxy) is 1. The molecule has 200 valence electrons. The van der Waals surface area contributed by atoms with Crippen LogP contribution in [0, 0.1) is 0 Å². The zero-order chi connectivity index (χ0) is 27.2. The number of piperazine rings is 1. The third-order valence-corrected chi connectivity index (χ3v) is 7.46. The molecule has 3 heterocycles. The Morgan fingerprint density at radius 1 is 1.00 bits per heavy atom. The van der Waals surface area contributed by atoms with Gasteiger partial charge < -0.3 is 28.8 Å². The molecule has 0 radical (unpaired) electrons. The van der Waals surface area contributed by atoms with Crippen molar-refractivity contribution < 1.29 is 23.3 Å². The molecule has 5 aromatic rings. The summed E-state index contributed by atoms with van der Waals surface area (Å²) in [7, 11) is 0. The van der Waals surface area contributed by atoms with Gasteiger partial charge in [-0.3, -0.25) is 9.59 Å². The maximum Gasteiger partial charge on any atom is 0.289 e. The number of hydrogen-bond acceptors (Lipinski definition) is 8. The van der Waals surface area contributed by atoms with Crippen LogP contribution in [0.3, 0.4) is 0 Å². The van der Waals surface area contributed by atoms with Gasteiger partial charge >= 0.3 is 0 Å². The van der Waals surface area contributed by atoms with Gasteiger partial charge in [0.2, 0.25) is 0 Å². The molecule has 0 spiro atoms. The molecule has 0 unspecified atom stereocenters. The molecule has 7 rings (SSSR count). The average Bonchev–Trinajstić information content (AvgIpc) is 3.69. The quantitative estimate of drug-likeness (QED) is 0.289. The highest BCUT2D eigenvalue weighted by Gasteiger charge is 2.34. The van der Waals surface area contributed by atoms with Gasteiger partial charge in [0.15, 0.2) is 17.3 Å². The number of furan rings is 1. The monoisotopic (exact) mass is 534 g/mol. The Bertz CT molecular complexity index is 1730. The maximum atomic E-state index is 13.9. The Morgan fingerprint density at radius 3 is 2.50 bits per heavy atom. The number of benzene rings is 3. The first kappa shape index (κ1) is 24.0. The average molecular weight is 535 g/mol. The van der Waals surface area contributed by atoms with Gasteiger partial charge in [-0.2, -0.15) is 0 Å². The van der Waals surface area contributed by atoms with Crippen molar-refractivity contribution in [3.8, 4) is 17.1 Å². The highest BCUT2D eigenvalue weighted by atomic mass is 16.5. The summed E-state index contributed by atoms with van der Waals surface area (Å²) in [5, 5.41) is 8.64. The molecule has 9 nitrogen and oxygen atoms in total. The van der Waals surface area contributed by atoms with Gasteiger partial charge in [-0.15, -0.1) is 0 Å². The van der Waals surface area contributed by atoms with E-state index >= 15 is 0 Å². The van der Waals surface area contributed by atoms with Crippen molar-refractivity contribution in [2.24, 2.45) is 0 Å². The topological polar surface area (TPSA) is 101 Å². The van der Waals surface area contributed by atoms with Crippen molar-refractivity contribution in [2.75, 3.05) is 43.0 Å². The van der Waals surface area contributed by atoms with E-state index in [1.165, 1.54) is 6.26 Å². The van der Waals surface area contributed by atoms with Crippen LogP contribution in [-0.4, -0.2) is 54.5 Å². The van der Waals surface area contributed by atoms with Gasteiger partial charge in [0.25, 0.3) is 5.91 Å². The molecular formula is C31H26N4O5. The van der Waals surface area contributed by atoms with Crippen molar-refractivity contribution in [3.05, 3.63) is 89.9 Å². The third kappa shape index (κ3) is 3.89. The first-order chi connectivity index (χ1) is 19.6. The molecule has 0 atom stereocenters. The minimum atomic E-state index is -0.122. The van der Waals surface area contributed by atoms with Crippen molar-refractivity contribution in [1.82, 2.24) is 10.1 Å². The highest BCUT2D eigenvalue weighted by Crippen LogP contribution is 2.46. The van der Waals surface area contributed by atoms with Crippen molar-refractivity contribution >= 4 is 39.7 Å². The Hall–Kier alpha value is -5.05. The molecule has 1 N–H and O–H groups in total. The molecule has 1 amide bonds. The molecule has 1 aliphatic carbocycles. The van der Waals surface area contributed by atoms with Crippen LogP contribution in [0.5, 0.6) is 5.75 Å². The normalized spacial score (nSPS) is 14.4. The number of amides is 1. The molecule has 1 saturated heterocycles. The molecule has 0 saturated carbocycles. The second-order valence-corrected chi connectivity index (χ2v) is 9.77. The van der Waals surface area contributed by atoms with Crippen LogP contribution in [0.25, 0.3) is 22.2 Å². The lowest BCUT2D eigenvalue weighted by molar-refractivity contribution is 0.0714. The van der Waals surface area contributed by atoms with E-state index < -0.39 is 0 Å². The number of carbonyl (C=O) groups excluding carboxylic acids is 2. The Morgan fingerprint density at radius 2 is 1.77 bits per heavy atom. The Kier molecular flexibility index (Phi) is 5.77. The van der Waals surface area contributed by atoms with Gasteiger partial charge in [-0.25, -0.2) is 0 Å². The number of hydrogen-bond donors (Lipinski definition) is 1. The van der Waals surface area contributed by atoms with Crippen LogP contribution in [0.1, 0.15) is 33.4 Å². The van der Waals surface area contributed by atoms with E-state index in [4.69, 9.17) is 13.7 Å². The van der Waals surface area contributed by atoms with Crippen LogP contribution in [0.2, 0.25) is 0 Å². The summed E-state index contributed by atoms with van der Waals surface area (Å²) in [5.41, 5.74) is 4.83. The predicted octanol–water partition coefficient (Wildman–Crippen LogP) is 5.74. The van der Waals surface area contributed by atoms with E-state index in [1.807, 2.05) is 61.5 Å². The number of ketones is 1. The summed E-state index contributed by atoms with van der Waals surface area (Å²) in [5.74, 6) is 1.50. The molecule has 1 fully saturated rings. The van der Waals surface area contributed by atoms with Crippen LogP contribution in [0.15, 0.2) is 81.9 Å². The van der Waals surface area contributed by atoms with Crippen LogP contribution >= 0.6 is 0 Å². The third-order valence-electron chi connectivity index (χ3n) is 7.46. The standard InChI is InChI=1S/C31H26N4O5/c1-2-38-20-11-9-19(10-12-20)32-23-18-24(34-13-15-35(16-14-34)31(37)25-8-5-17-39-25)28-27-26(23)29(36)21-6-3-4-7-22(21)30(27)40-33-28/h3-12,17-18,32H,2,13-16H2,1H3.